The molecule has 3 heterocycles. The zero-order valence-electron chi connectivity index (χ0n) is 9.71. The van der Waals surface area contributed by atoms with Gasteiger partial charge in [0.1, 0.15) is 0 Å². The molecule has 6 heteroatoms. The first-order chi connectivity index (χ1) is 8.84. The van der Waals surface area contributed by atoms with Crippen LogP contribution in [-0.2, 0) is 4.79 Å². The Labute approximate surface area is 104 Å². The number of nitrogens with zero attached hydrogens (tertiary/aromatic N) is 3. The van der Waals surface area contributed by atoms with Gasteiger partial charge < -0.3 is 10.6 Å². The summed E-state index contributed by atoms with van der Waals surface area (Å²) in [6.45, 7) is 1.48. The Bertz CT molecular complexity index is 547. The van der Waals surface area contributed by atoms with Gasteiger partial charge in [-0.1, -0.05) is 0 Å². The highest BCUT2D eigenvalue weighted by Crippen LogP contribution is 2.17. The third kappa shape index (κ3) is 1.98. The molecule has 1 amide bonds. The second kappa shape index (κ2) is 4.58. The highest BCUT2D eigenvalue weighted by Gasteiger charge is 2.25. The summed E-state index contributed by atoms with van der Waals surface area (Å²) >= 11 is 0. The van der Waals surface area contributed by atoms with Gasteiger partial charge in [0.2, 0.25) is 5.91 Å². The van der Waals surface area contributed by atoms with Gasteiger partial charge >= 0.3 is 0 Å². The Balaban J connectivity index is 1.85. The number of pyridine rings is 1. The van der Waals surface area contributed by atoms with Crippen LogP contribution in [0.3, 0.4) is 0 Å². The fourth-order valence-corrected chi connectivity index (χ4v) is 1.78. The number of nitrogens with one attached hydrogen (secondary N) is 2. The Morgan fingerprint density at radius 1 is 1.39 bits per heavy atom. The second-order valence-electron chi connectivity index (χ2n) is 4.17. The minimum absolute atomic E-state index is 0.0233. The van der Waals surface area contributed by atoms with Gasteiger partial charge in [-0.15, -0.1) is 0 Å². The molecule has 18 heavy (non-hydrogen) atoms. The summed E-state index contributed by atoms with van der Waals surface area (Å²) in [5, 5.41) is 10.1. The molecular weight excluding hydrogens is 230 g/mol. The van der Waals surface area contributed by atoms with Crippen LogP contribution in [0.15, 0.2) is 36.8 Å². The molecule has 0 unspecified atom stereocenters. The van der Waals surface area contributed by atoms with Gasteiger partial charge in [-0.3, -0.25) is 4.79 Å². The van der Waals surface area contributed by atoms with Crippen LogP contribution >= 0.6 is 0 Å². The predicted molar refractivity (Wildman–Crippen MR) is 66.3 cm³/mol. The Kier molecular flexibility index (Phi) is 2.77. The number of anilines is 1. The standard InChI is InChI=1S/C12H13N5O/c18-12(9-7-13-8-9)16-10-3-1-4-14-11(10)17-6-2-5-15-17/h1-6,9,13H,7-8H2,(H,16,18). The maximum Gasteiger partial charge on any atom is 0.230 e. The number of rotatable bonds is 3. The summed E-state index contributed by atoms with van der Waals surface area (Å²) in [6.07, 6.45) is 5.15. The van der Waals surface area contributed by atoms with E-state index in [1.54, 1.807) is 29.3 Å². The van der Waals surface area contributed by atoms with Crippen LogP contribution in [0.5, 0.6) is 0 Å². The van der Waals surface area contributed by atoms with E-state index in [0.29, 0.717) is 11.5 Å². The fraction of sp³-hybridized carbons (Fsp3) is 0.250. The van der Waals surface area contributed by atoms with E-state index in [1.165, 1.54) is 0 Å². The number of carbonyl (C=O) groups is 1. The van der Waals surface area contributed by atoms with E-state index < -0.39 is 0 Å². The lowest BCUT2D eigenvalue weighted by Crippen LogP contribution is -2.48. The van der Waals surface area contributed by atoms with E-state index in [0.717, 1.165) is 13.1 Å². The van der Waals surface area contributed by atoms with E-state index in [9.17, 15) is 4.79 Å². The molecule has 2 N–H and O–H groups in total. The lowest BCUT2D eigenvalue weighted by Gasteiger charge is -2.26. The normalized spacial score (nSPS) is 15.1. The first-order valence-corrected chi connectivity index (χ1v) is 5.81. The molecule has 0 aliphatic carbocycles. The second-order valence-corrected chi connectivity index (χ2v) is 4.17. The lowest BCUT2D eigenvalue weighted by molar-refractivity contribution is -0.121. The monoisotopic (exact) mass is 243 g/mol. The quantitative estimate of drug-likeness (QED) is 0.819. The van der Waals surface area contributed by atoms with Crippen molar-refractivity contribution in [1.29, 1.82) is 0 Å². The van der Waals surface area contributed by atoms with Crippen molar-refractivity contribution in [2.24, 2.45) is 5.92 Å². The Hall–Kier alpha value is -2.21. The van der Waals surface area contributed by atoms with Gasteiger partial charge in [-0.2, -0.15) is 5.10 Å². The van der Waals surface area contributed by atoms with Crippen LogP contribution in [0.4, 0.5) is 5.69 Å². The number of aromatic nitrogens is 3. The van der Waals surface area contributed by atoms with E-state index in [-0.39, 0.29) is 11.8 Å². The van der Waals surface area contributed by atoms with Gasteiger partial charge in [0.15, 0.2) is 5.82 Å². The van der Waals surface area contributed by atoms with Crippen LogP contribution in [0.2, 0.25) is 0 Å². The first-order valence-electron chi connectivity index (χ1n) is 5.81. The molecule has 0 saturated carbocycles. The first kappa shape index (κ1) is 10.9. The van der Waals surface area contributed by atoms with Crippen molar-refractivity contribution < 1.29 is 4.79 Å². The van der Waals surface area contributed by atoms with Gasteiger partial charge in [0.05, 0.1) is 11.6 Å². The van der Waals surface area contributed by atoms with Crippen molar-refractivity contribution in [3.63, 3.8) is 0 Å². The minimum Gasteiger partial charge on any atom is -0.323 e. The predicted octanol–water partition coefficient (Wildman–Crippen LogP) is 0.425. The number of amides is 1. The molecule has 0 bridgehead atoms. The van der Waals surface area contributed by atoms with Crippen molar-refractivity contribution in [2.45, 2.75) is 0 Å². The summed E-state index contributed by atoms with van der Waals surface area (Å²) < 4.78 is 1.63. The molecule has 1 fully saturated rings. The molecule has 6 nitrogen and oxygen atoms in total. The maximum absolute atomic E-state index is 11.9. The zero-order valence-corrected chi connectivity index (χ0v) is 9.71. The molecule has 0 spiro atoms. The van der Waals surface area contributed by atoms with Gasteiger partial charge in [0, 0.05) is 31.7 Å². The molecule has 0 radical (unpaired) electrons. The maximum atomic E-state index is 11.9. The summed E-state index contributed by atoms with van der Waals surface area (Å²) in [7, 11) is 0. The van der Waals surface area contributed by atoms with Crippen molar-refractivity contribution in [2.75, 3.05) is 18.4 Å². The van der Waals surface area contributed by atoms with Gasteiger partial charge in [0.25, 0.3) is 0 Å². The molecule has 1 saturated heterocycles. The zero-order chi connectivity index (χ0) is 12.4. The minimum atomic E-state index is 0.0233. The van der Waals surface area contributed by atoms with Crippen molar-refractivity contribution in [3.8, 4) is 5.82 Å². The highest BCUT2D eigenvalue weighted by molar-refractivity contribution is 5.94. The SMILES string of the molecule is O=C(Nc1cccnc1-n1cccn1)C1CNC1. The highest BCUT2D eigenvalue weighted by atomic mass is 16.2. The summed E-state index contributed by atoms with van der Waals surface area (Å²) in [5.41, 5.74) is 0.679. The molecule has 1 aliphatic heterocycles. The average molecular weight is 243 g/mol. The molecule has 0 aromatic carbocycles. The smallest absolute Gasteiger partial charge is 0.230 e. The van der Waals surface area contributed by atoms with E-state index in [4.69, 9.17) is 0 Å². The third-order valence-corrected chi connectivity index (χ3v) is 2.92. The summed E-state index contributed by atoms with van der Waals surface area (Å²) in [5.74, 6) is 0.703. The Morgan fingerprint density at radius 2 is 2.28 bits per heavy atom. The van der Waals surface area contributed by atoms with Gasteiger partial charge in [-0.05, 0) is 18.2 Å². The third-order valence-electron chi connectivity index (χ3n) is 2.92. The summed E-state index contributed by atoms with van der Waals surface area (Å²) in [6, 6.07) is 5.44. The van der Waals surface area contributed by atoms with E-state index >= 15 is 0 Å². The molecule has 2 aromatic rings. The van der Waals surface area contributed by atoms with Crippen LogP contribution in [0, 0.1) is 5.92 Å². The van der Waals surface area contributed by atoms with Crippen LogP contribution in [0.25, 0.3) is 5.82 Å². The Morgan fingerprint density at radius 3 is 2.94 bits per heavy atom. The molecule has 2 aromatic heterocycles. The topological polar surface area (TPSA) is 71.8 Å². The summed E-state index contributed by atoms with van der Waals surface area (Å²) in [4.78, 5) is 16.2. The van der Waals surface area contributed by atoms with Crippen LogP contribution in [-0.4, -0.2) is 33.8 Å². The van der Waals surface area contributed by atoms with Crippen LogP contribution < -0.4 is 10.6 Å². The van der Waals surface area contributed by atoms with Crippen LogP contribution in [0.1, 0.15) is 0 Å². The molecule has 0 atom stereocenters. The number of hydrogen-bond acceptors (Lipinski definition) is 4. The van der Waals surface area contributed by atoms with Gasteiger partial charge in [-0.25, -0.2) is 9.67 Å². The van der Waals surface area contributed by atoms with Crippen molar-refractivity contribution in [1.82, 2.24) is 20.1 Å². The molecular formula is C12H13N5O. The van der Waals surface area contributed by atoms with E-state index in [1.807, 2.05) is 12.1 Å². The fourth-order valence-electron chi connectivity index (χ4n) is 1.78. The molecule has 1 aliphatic rings. The van der Waals surface area contributed by atoms with E-state index in [2.05, 4.69) is 20.7 Å². The lowest BCUT2D eigenvalue weighted by atomic mass is 10.0. The average Bonchev–Trinajstić information content (AvgIpc) is 2.80. The number of hydrogen-bond donors (Lipinski definition) is 2. The molecule has 3 rings (SSSR count). The largest absolute Gasteiger partial charge is 0.323 e. The number of carbonyl (C=O) groups excluding carboxylic acids is 1. The van der Waals surface area contributed by atoms with Crippen molar-refractivity contribution in [3.05, 3.63) is 36.8 Å². The molecule has 92 valence electrons. The van der Waals surface area contributed by atoms with Crippen molar-refractivity contribution >= 4 is 11.6 Å².